The van der Waals surface area contributed by atoms with Crippen molar-refractivity contribution in [1.82, 2.24) is 0 Å². The standard InChI is InChI=1S/C13H21NO2S/c1-10(2)11-4-6-13(7-5-11)17(15)9-12(14)8-16-3/h4-7,10,12H,8-9,14H2,1-3H3. The van der Waals surface area contributed by atoms with Gasteiger partial charge in [-0.3, -0.25) is 4.21 Å². The molecule has 1 aromatic carbocycles. The van der Waals surface area contributed by atoms with Crippen molar-refractivity contribution in [1.29, 1.82) is 0 Å². The van der Waals surface area contributed by atoms with Crippen molar-refractivity contribution < 1.29 is 8.95 Å². The van der Waals surface area contributed by atoms with Crippen molar-refractivity contribution in [3.05, 3.63) is 29.8 Å². The van der Waals surface area contributed by atoms with E-state index in [0.717, 1.165) is 4.90 Å². The maximum atomic E-state index is 12.0. The highest BCUT2D eigenvalue weighted by Crippen LogP contribution is 2.16. The Morgan fingerprint density at radius 3 is 2.35 bits per heavy atom. The Morgan fingerprint density at radius 1 is 1.29 bits per heavy atom. The third-order valence-corrected chi connectivity index (χ3v) is 4.08. The van der Waals surface area contributed by atoms with E-state index in [4.69, 9.17) is 10.5 Å². The van der Waals surface area contributed by atoms with Crippen LogP contribution in [-0.4, -0.2) is 29.7 Å². The lowest BCUT2D eigenvalue weighted by Gasteiger charge is -2.11. The molecule has 1 rings (SSSR count). The fourth-order valence-electron chi connectivity index (χ4n) is 1.56. The highest BCUT2D eigenvalue weighted by Gasteiger charge is 2.10. The monoisotopic (exact) mass is 255 g/mol. The molecule has 2 N–H and O–H groups in total. The molecule has 1 aromatic rings. The number of ether oxygens (including phenoxy) is 1. The molecule has 2 unspecified atom stereocenters. The van der Waals surface area contributed by atoms with Gasteiger partial charge in [0.15, 0.2) is 0 Å². The molecule has 96 valence electrons. The van der Waals surface area contributed by atoms with Gasteiger partial charge in [0.2, 0.25) is 0 Å². The van der Waals surface area contributed by atoms with E-state index >= 15 is 0 Å². The molecule has 0 saturated heterocycles. The first-order chi connectivity index (χ1) is 8.04. The first-order valence-corrected chi connectivity index (χ1v) is 7.09. The highest BCUT2D eigenvalue weighted by atomic mass is 32.2. The molecular formula is C13H21NO2S. The van der Waals surface area contributed by atoms with Crippen LogP contribution in [0.25, 0.3) is 0 Å². The zero-order valence-electron chi connectivity index (χ0n) is 10.7. The number of hydrogen-bond acceptors (Lipinski definition) is 3. The van der Waals surface area contributed by atoms with Crippen LogP contribution in [0.3, 0.4) is 0 Å². The Morgan fingerprint density at radius 2 is 1.88 bits per heavy atom. The minimum absolute atomic E-state index is 0.175. The summed E-state index contributed by atoms with van der Waals surface area (Å²) in [6.45, 7) is 4.72. The van der Waals surface area contributed by atoms with Gasteiger partial charge in [0, 0.05) is 23.8 Å². The average molecular weight is 255 g/mol. The summed E-state index contributed by atoms with van der Waals surface area (Å²) in [6, 6.07) is 7.72. The smallest absolute Gasteiger partial charge is 0.0622 e. The molecule has 17 heavy (non-hydrogen) atoms. The molecule has 2 atom stereocenters. The van der Waals surface area contributed by atoms with Crippen molar-refractivity contribution in [3.63, 3.8) is 0 Å². The second-order valence-electron chi connectivity index (χ2n) is 4.45. The van der Waals surface area contributed by atoms with E-state index < -0.39 is 10.8 Å². The predicted molar refractivity (Wildman–Crippen MR) is 71.7 cm³/mol. The van der Waals surface area contributed by atoms with Crippen molar-refractivity contribution in [2.24, 2.45) is 5.73 Å². The van der Waals surface area contributed by atoms with Gasteiger partial charge in [0.05, 0.1) is 17.4 Å². The van der Waals surface area contributed by atoms with E-state index in [-0.39, 0.29) is 6.04 Å². The molecule has 3 nitrogen and oxygen atoms in total. The molecule has 0 amide bonds. The van der Waals surface area contributed by atoms with E-state index in [1.54, 1.807) is 7.11 Å². The van der Waals surface area contributed by atoms with Crippen molar-refractivity contribution in [3.8, 4) is 0 Å². The van der Waals surface area contributed by atoms with E-state index in [1.165, 1.54) is 5.56 Å². The van der Waals surface area contributed by atoms with Gasteiger partial charge in [-0.25, -0.2) is 0 Å². The quantitative estimate of drug-likeness (QED) is 0.844. The van der Waals surface area contributed by atoms with Gasteiger partial charge in [-0.15, -0.1) is 0 Å². The molecule has 0 heterocycles. The lowest BCUT2D eigenvalue weighted by molar-refractivity contribution is 0.186. The van der Waals surface area contributed by atoms with Gasteiger partial charge in [-0.05, 0) is 23.6 Å². The van der Waals surface area contributed by atoms with Crippen LogP contribution in [0, 0.1) is 0 Å². The van der Waals surface area contributed by atoms with E-state index in [1.807, 2.05) is 24.3 Å². The molecule has 4 heteroatoms. The highest BCUT2D eigenvalue weighted by molar-refractivity contribution is 7.85. The van der Waals surface area contributed by atoms with E-state index in [0.29, 0.717) is 18.3 Å². The Hall–Kier alpha value is -0.710. The molecule has 0 fully saturated rings. The summed E-state index contributed by atoms with van der Waals surface area (Å²) in [7, 11) is 0.556. The van der Waals surface area contributed by atoms with Crippen molar-refractivity contribution in [2.75, 3.05) is 19.5 Å². The summed E-state index contributed by atoms with van der Waals surface area (Å²) in [5, 5.41) is 0. The predicted octanol–water partition coefficient (Wildman–Crippen LogP) is 1.89. The molecular weight excluding hydrogens is 234 g/mol. The zero-order chi connectivity index (χ0) is 12.8. The van der Waals surface area contributed by atoms with Gasteiger partial charge >= 0.3 is 0 Å². The van der Waals surface area contributed by atoms with Crippen LogP contribution in [0.4, 0.5) is 0 Å². The van der Waals surface area contributed by atoms with Gasteiger partial charge < -0.3 is 10.5 Å². The minimum atomic E-state index is -1.04. The number of benzene rings is 1. The van der Waals surface area contributed by atoms with E-state index in [9.17, 15) is 4.21 Å². The number of rotatable bonds is 6. The van der Waals surface area contributed by atoms with Gasteiger partial charge in [-0.1, -0.05) is 26.0 Å². The zero-order valence-corrected chi connectivity index (χ0v) is 11.5. The first kappa shape index (κ1) is 14.4. The Bertz CT molecular complexity index is 362. The third kappa shape index (κ3) is 4.58. The molecule has 0 radical (unpaired) electrons. The van der Waals surface area contributed by atoms with Gasteiger partial charge in [-0.2, -0.15) is 0 Å². The summed E-state index contributed by atoms with van der Waals surface area (Å²) in [5.41, 5.74) is 7.04. The molecule has 0 bridgehead atoms. The molecule has 0 aliphatic rings. The molecule has 0 aliphatic carbocycles. The lowest BCUT2D eigenvalue weighted by atomic mass is 10.0. The Kier molecular flexibility index (Phi) is 5.82. The lowest BCUT2D eigenvalue weighted by Crippen LogP contribution is -2.31. The number of hydrogen-bond donors (Lipinski definition) is 1. The molecule has 0 aromatic heterocycles. The van der Waals surface area contributed by atoms with Gasteiger partial charge in [0.25, 0.3) is 0 Å². The van der Waals surface area contributed by atoms with Crippen LogP contribution in [0.2, 0.25) is 0 Å². The summed E-state index contributed by atoms with van der Waals surface area (Å²) in [4.78, 5) is 0.834. The molecule has 0 saturated carbocycles. The topological polar surface area (TPSA) is 52.3 Å². The van der Waals surface area contributed by atoms with Crippen LogP contribution >= 0.6 is 0 Å². The fourth-order valence-corrected chi connectivity index (χ4v) is 2.67. The largest absolute Gasteiger partial charge is 0.383 e. The minimum Gasteiger partial charge on any atom is -0.383 e. The third-order valence-electron chi connectivity index (χ3n) is 2.56. The average Bonchev–Trinajstić information content (AvgIpc) is 2.29. The SMILES string of the molecule is COCC(N)CS(=O)c1ccc(C(C)C)cc1. The van der Waals surface area contributed by atoms with Crippen LogP contribution in [-0.2, 0) is 15.5 Å². The summed E-state index contributed by atoms with van der Waals surface area (Å²) in [6.07, 6.45) is 0. The van der Waals surface area contributed by atoms with Crippen LogP contribution in [0.5, 0.6) is 0 Å². The second kappa shape index (κ2) is 6.89. The maximum absolute atomic E-state index is 12.0. The van der Waals surface area contributed by atoms with Crippen LogP contribution < -0.4 is 5.73 Å². The molecule has 0 spiro atoms. The number of methoxy groups -OCH3 is 1. The van der Waals surface area contributed by atoms with Crippen LogP contribution in [0.1, 0.15) is 25.3 Å². The van der Waals surface area contributed by atoms with E-state index in [2.05, 4.69) is 13.8 Å². The van der Waals surface area contributed by atoms with Crippen LogP contribution in [0.15, 0.2) is 29.2 Å². The Balaban J connectivity index is 2.63. The van der Waals surface area contributed by atoms with Crippen molar-refractivity contribution >= 4 is 10.8 Å². The fraction of sp³-hybridized carbons (Fsp3) is 0.538. The summed E-state index contributed by atoms with van der Waals surface area (Å²) < 4.78 is 16.9. The van der Waals surface area contributed by atoms with Crippen molar-refractivity contribution in [2.45, 2.75) is 30.7 Å². The van der Waals surface area contributed by atoms with Gasteiger partial charge in [0.1, 0.15) is 0 Å². The summed E-state index contributed by atoms with van der Waals surface area (Å²) in [5.74, 6) is 0.933. The normalized spacial score (nSPS) is 14.9. The maximum Gasteiger partial charge on any atom is 0.0622 e. The second-order valence-corrected chi connectivity index (χ2v) is 5.95. The number of nitrogens with two attached hydrogens (primary N) is 1. The summed E-state index contributed by atoms with van der Waals surface area (Å²) >= 11 is 0. The first-order valence-electron chi connectivity index (χ1n) is 5.77. The Labute approximate surface area is 106 Å². The molecule has 0 aliphatic heterocycles.